The summed E-state index contributed by atoms with van der Waals surface area (Å²) in [5, 5.41) is 0. The molecular formula is C26H40O6. The summed E-state index contributed by atoms with van der Waals surface area (Å²) in [6.07, 6.45) is 7.77. The molecule has 4 rings (SSSR count). The van der Waals surface area contributed by atoms with E-state index in [1.807, 2.05) is 0 Å². The fraction of sp³-hybridized carbons (Fsp3) is 0.885. The highest BCUT2D eigenvalue weighted by Crippen LogP contribution is 2.75. The summed E-state index contributed by atoms with van der Waals surface area (Å²) in [5.41, 5.74) is -0.482. The molecule has 4 aliphatic carbocycles. The summed E-state index contributed by atoms with van der Waals surface area (Å²) < 4.78 is 17.3. The molecular weight excluding hydrogens is 408 g/mol. The molecule has 32 heavy (non-hydrogen) atoms. The van der Waals surface area contributed by atoms with Crippen molar-refractivity contribution >= 4 is 17.9 Å². The van der Waals surface area contributed by atoms with Crippen molar-refractivity contribution < 1.29 is 28.6 Å². The molecule has 0 heterocycles. The van der Waals surface area contributed by atoms with Gasteiger partial charge >= 0.3 is 17.9 Å². The van der Waals surface area contributed by atoms with Crippen LogP contribution in [0.15, 0.2) is 0 Å². The molecule has 6 heteroatoms. The van der Waals surface area contributed by atoms with E-state index in [4.69, 9.17) is 14.2 Å². The van der Waals surface area contributed by atoms with Crippen LogP contribution in [0.25, 0.3) is 0 Å². The molecule has 4 aliphatic rings. The second-order valence-electron chi connectivity index (χ2n) is 12.0. The predicted octanol–water partition coefficient (Wildman–Crippen LogP) is 4.83. The molecule has 0 aromatic heterocycles. The van der Waals surface area contributed by atoms with E-state index in [2.05, 4.69) is 20.8 Å². The summed E-state index contributed by atoms with van der Waals surface area (Å²) in [4.78, 5) is 35.5. The van der Waals surface area contributed by atoms with E-state index in [0.29, 0.717) is 24.4 Å². The Bertz CT molecular complexity index is 808. The van der Waals surface area contributed by atoms with Crippen LogP contribution in [0.3, 0.4) is 0 Å². The molecule has 6 nitrogen and oxygen atoms in total. The van der Waals surface area contributed by atoms with Crippen molar-refractivity contribution in [2.24, 2.45) is 34.0 Å². The Balaban J connectivity index is 1.70. The lowest BCUT2D eigenvalue weighted by Gasteiger charge is -2.66. The molecule has 0 aliphatic heterocycles. The van der Waals surface area contributed by atoms with Crippen LogP contribution in [0.1, 0.15) is 92.9 Å². The maximum Gasteiger partial charge on any atom is 0.303 e. The van der Waals surface area contributed by atoms with Crippen LogP contribution < -0.4 is 0 Å². The van der Waals surface area contributed by atoms with Gasteiger partial charge in [-0.1, -0.05) is 13.8 Å². The fourth-order valence-electron chi connectivity index (χ4n) is 9.00. The molecule has 1 spiro atoms. The lowest BCUT2D eigenvalue weighted by Crippen LogP contribution is -2.62. The number of fused-ring (bicyclic) bond motifs is 2. The summed E-state index contributed by atoms with van der Waals surface area (Å²) in [6, 6.07) is 0. The SMILES string of the molecule is CC(=O)OC[C@]1(C)C[C@H](OC(C)=O)C[C@@]2(C)[C@H]1CC[C@H]1C[C@H]3C[C@]12CC[C@]3(C)OC(C)=O. The number of rotatable bonds is 4. The first-order valence-electron chi connectivity index (χ1n) is 12.3. The first-order chi connectivity index (χ1) is 14.8. The maximum absolute atomic E-state index is 11.9. The van der Waals surface area contributed by atoms with Crippen molar-refractivity contribution in [3.05, 3.63) is 0 Å². The van der Waals surface area contributed by atoms with Crippen LogP contribution in [0, 0.1) is 34.0 Å². The van der Waals surface area contributed by atoms with Gasteiger partial charge in [-0.05, 0) is 86.9 Å². The average molecular weight is 449 g/mol. The lowest BCUT2D eigenvalue weighted by atomic mass is 9.39. The van der Waals surface area contributed by atoms with E-state index in [-0.39, 0.29) is 45.9 Å². The van der Waals surface area contributed by atoms with Gasteiger partial charge in [-0.25, -0.2) is 0 Å². The highest BCUT2D eigenvalue weighted by molar-refractivity contribution is 5.67. The summed E-state index contributed by atoms with van der Waals surface area (Å²) in [5.74, 6) is 0.671. The lowest BCUT2D eigenvalue weighted by molar-refractivity contribution is -0.217. The van der Waals surface area contributed by atoms with Crippen LogP contribution in [0.2, 0.25) is 0 Å². The van der Waals surface area contributed by atoms with Crippen molar-refractivity contribution in [1.29, 1.82) is 0 Å². The van der Waals surface area contributed by atoms with Crippen LogP contribution in [-0.2, 0) is 28.6 Å². The smallest absolute Gasteiger partial charge is 0.303 e. The van der Waals surface area contributed by atoms with E-state index in [1.165, 1.54) is 27.2 Å². The van der Waals surface area contributed by atoms with Gasteiger partial charge in [0.05, 0.1) is 6.61 Å². The summed E-state index contributed by atoms with van der Waals surface area (Å²) in [7, 11) is 0. The average Bonchev–Trinajstić information content (AvgIpc) is 3.00. The number of esters is 3. The van der Waals surface area contributed by atoms with Crippen molar-refractivity contribution in [3.63, 3.8) is 0 Å². The van der Waals surface area contributed by atoms with Gasteiger partial charge in [-0.3, -0.25) is 14.4 Å². The standard InChI is InChI=1S/C26H40O6/c1-16(27)30-15-23(4)13-21(31-17(2)28)14-24(5)22(23)8-7-19-11-20-12-26(19,24)10-9-25(20,6)32-18(3)29/h19-22H,7-15H2,1-6H3/t19-,20-,21-,22-,23-,24-,25-,26+/m0/s1. The molecule has 2 bridgehead atoms. The number of ether oxygens (including phenoxy) is 3. The zero-order valence-electron chi connectivity index (χ0n) is 20.6. The zero-order valence-corrected chi connectivity index (χ0v) is 20.6. The molecule has 4 fully saturated rings. The first-order valence-corrected chi connectivity index (χ1v) is 12.3. The van der Waals surface area contributed by atoms with Gasteiger partial charge in [0.25, 0.3) is 0 Å². The molecule has 180 valence electrons. The van der Waals surface area contributed by atoms with E-state index < -0.39 is 0 Å². The van der Waals surface area contributed by atoms with E-state index in [0.717, 1.165) is 44.9 Å². The third-order valence-corrected chi connectivity index (χ3v) is 10.1. The molecule has 0 unspecified atom stereocenters. The van der Waals surface area contributed by atoms with E-state index >= 15 is 0 Å². The molecule has 0 N–H and O–H groups in total. The van der Waals surface area contributed by atoms with Gasteiger partial charge in [0.1, 0.15) is 11.7 Å². The minimum Gasteiger partial charge on any atom is -0.465 e. The highest BCUT2D eigenvalue weighted by Gasteiger charge is 2.70. The summed E-state index contributed by atoms with van der Waals surface area (Å²) in [6.45, 7) is 11.6. The van der Waals surface area contributed by atoms with Gasteiger partial charge in [0.15, 0.2) is 0 Å². The molecule has 0 aromatic rings. The molecule has 0 aromatic carbocycles. The van der Waals surface area contributed by atoms with Crippen LogP contribution in [0.4, 0.5) is 0 Å². The monoisotopic (exact) mass is 448 g/mol. The van der Waals surface area contributed by atoms with Crippen molar-refractivity contribution in [2.45, 2.75) is 105 Å². The van der Waals surface area contributed by atoms with Crippen LogP contribution >= 0.6 is 0 Å². The van der Waals surface area contributed by atoms with Gasteiger partial charge in [0, 0.05) is 26.2 Å². The molecule has 0 amide bonds. The Morgan fingerprint density at radius 1 is 0.844 bits per heavy atom. The number of hydrogen-bond donors (Lipinski definition) is 0. The molecule has 4 saturated carbocycles. The van der Waals surface area contributed by atoms with Gasteiger partial charge in [-0.2, -0.15) is 0 Å². The fourth-order valence-corrected chi connectivity index (χ4v) is 9.00. The van der Waals surface area contributed by atoms with Gasteiger partial charge < -0.3 is 14.2 Å². The number of carbonyl (C=O) groups is 3. The summed E-state index contributed by atoms with van der Waals surface area (Å²) >= 11 is 0. The maximum atomic E-state index is 11.9. The quantitative estimate of drug-likeness (QED) is 0.453. The van der Waals surface area contributed by atoms with E-state index in [1.54, 1.807) is 0 Å². The number of carbonyl (C=O) groups excluding carboxylic acids is 3. The minimum atomic E-state index is -0.384. The largest absolute Gasteiger partial charge is 0.465 e. The molecule has 8 atom stereocenters. The topological polar surface area (TPSA) is 78.9 Å². The van der Waals surface area contributed by atoms with Gasteiger partial charge in [0.2, 0.25) is 0 Å². The second kappa shape index (κ2) is 7.73. The Kier molecular flexibility index (Phi) is 5.69. The minimum absolute atomic E-state index is 0.0184. The Labute approximate surface area is 192 Å². The van der Waals surface area contributed by atoms with Crippen LogP contribution in [0.5, 0.6) is 0 Å². The third kappa shape index (κ3) is 3.56. The highest BCUT2D eigenvalue weighted by atomic mass is 16.6. The third-order valence-electron chi connectivity index (χ3n) is 10.1. The number of hydrogen-bond acceptors (Lipinski definition) is 6. The Morgan fingerprint density at radius 3 is 2.19 bits per heavy atom. The predicted molar refractivity (Wildman–Crippen MR) is 118 cm³/mol. The zero-order chi connectivity index (χ0) is 23.5. The van der Waals surface area contributed by atoms with Crippen LogP contribution in [-0.4, -0.2) is 36.2 Å². The van der Waals surface area contributed by atoms with Gasteiger partial charge in [-0.15, -0.1) is 0 Å². The van der Waals surface area contributed by atoms with Crippen molar-refractivity contribution in [1.82, 2.24) is 0 Å². The molecule has 0 radical (unpaired) electrons. The van der Waals surface area contributed by atoms with Crippen molar-refractivity contribution in [3.8, 4) is 0 Å². The normalized spacial score (nSPS) is 47.1. The Morgan fingerprint density at radius 2 is 1.56 bits per heavy atom. The van der Waals surface area contributed by atoms with E-state index in [9.17, 15) is 14.4 Å². The van der Waals surface area contributed by atoms with Crippen molar-refractivity contribution in [2.75, 3.05) is 6.61 Å². The molecule has 0 saturated heterocycles. The Hall–Kier alpha value is -1.59. The first kappa shape index (κ1) is 23.6. The second-order valence-corrected chi connectivity index (χ2v) is 12.0.